The Bertz CT molecular complexity index is 622. The van der Waals surface area contributed by atoms with Crippen molar-refractivity contribution in [1.82, 2.24) is 4.90 Å². The van der Waals surface area contributed by atoms with Gasteiger partial charge in [-0.05, 0) is 37.1 Å². The lowest BCUT2D eigenvalue weighted by molar-refractivity contribution is 0.0450. The van der Waals surface area contributed by atoms with Crippen LogP contribution in [0.3, 0.4) is 0 Å². The van der Waals surface area contributed by atoms with Gasteiger partial charge in [0.1, 0.15) is 11.4 Å². The van der Waals surface area contributed by atoms with Crippen molar-refractivity contribution in [3.8, 4) is 0 Å². The summed E-state index contributed by atoms with van der Waals surface area (Å²) in [4.78, 5) is 13.8. The van der Waals surface area contributed by atoms with Crippen LogP contribution in [0.25, 0.3) is 11.0 Å². The molecule has 1 amide bonds. The maximum absolute atomic E-state index is 13.1. The van der Waals surface area contributed by atoms with Crippen LogP contribution >= 0.6 is 0 Å². The maximum atomic E-state index is 13.1. The van der Waals surface area contributed by atoms with Gasteiger partial charge in [0.2, 0.25) is 0 Å². The number of fused-ring (bicyclic) bond motifs is 1. The Balaban J connectivity index is 1.88. The van der Waals surface area contributed by atoms with E-state index in [2.05, 4.69) is 0 Å². The van der Waals surface area contributed by atoms with E-state index in [-0.39, 0.29) is 17.5 Å². The van der Waals surface area contributed by atoms with Gasteiger partial charge in [-0.3, -0.25) is 4.79 Å². The van der Waals surface area contributed by atoms with E-state index in [1.807, 2.05) is 0 Å². The molecule has 1 N–H and O–H groups in total. The molecule has 3 rings (SSSR count). The normalized spacial score (nSPS) is 19.9. The molecule has 5 heteroatoms. The highest BCUT2D eigenvalue weighted by molar-refractivity contribution is 5.96. The molecule has 0 bridgehead atoms. The zero-order valence-electron chi connectivity index (χ0n) is 10.3. The number of furan rings is 1. The molecular formula is C14H14FNO3. The Hall–Kier alpha value is -1.88. The summed E-state index contributed by atoms with van der Waals surface area (Å²) in [5.41, 5.74) is 0.488. The van der Waals surface area contributed by atoms with E-state index in [9.17, 15) is 14.3 Å². The fraction of sp³-hybridized carbons (Fsp3) is 0.357. The molecule has 2 aromatic rings. The summed E-state index contributed by atoms with van der Waals surface area (Å²) < 4.78 is 18.5. The third-order valence-electron chi connectivity index (χ3n) is 3.37. The predicted molar refractivity (Wildman–Crippen MR) is 67.3 cm³/mol. The fourth-order valence-electron chi connectivity index (χ4n) is 2.41. The van der Waals surface area contributed by atoms with Gasteiger partial charge in [0.25, 0.3) is 5.91 Å². The molecule has 1 aromatic carbocycles. The zero-order chi connectivity index (χ0) is 13.4. The van der Waals surface area contributed by atoms with Crippen LogP contribution in [0.5, 0.6) is 0 Å². The van der Waals surface area contributed by atoms with Crippen LogP contribution in [0.1, 0.15) is 23.4 Å². The number of amides is 1. The Kier molecular flexibility index (Phi) is 2.98. The van der Waals surface area contributed by atoms with Crippen molar-refractivity contribution >= 4 is 16.9 Å². The average Bonchev–Trinajstić information content (AvgIpc) is 2.80. The van der Waals surface area contributed by atoms with Crippen molar-refractivity contribution in [2.24, 2.45) is 0 Å². The average molecular weight is 263 g/mol. The highest BCUT2D eigenvalue weighted by Crippen LogP contribution is 2.22. The van der Waals surface area contributed by atoms with Gasteiger partial charge in [-0.15, -0.1) is 0 Å². The number of carbonyl (C=O) groups excluding carboxylic acids is 1. The number of hydrogen-bond donors (Lipinski definition) is 1. The first kappa shape index (κ1) is 12.2. The monoisotopic (exact) mass is 263 g/mol. The minimum absolute atomic E-state index is 0.190. The number of rotatable bonds is 1. The molecule has 1 aromatic heterocycles. The van der Waals surface area contributed by atoms with E-state index in [0.717, 1.165) is 12.8 Å². The summed E-state index contributed by atoms with van der Waals surface area (Å²) in [6.07, 6.45) is 1.02. The van der Waals surface area contributed by atoms with Gasteiger partial charge >= 0.3 is 0 Å². The van der Waals surface area contributed by atoms with Crippen molar-refractivity contribution in [3.05, 3.63) is 35.8 Å². The van der Waals surface area contributed by atoms with E-state index in [1.165, 1.54) is 18.2 Å². The molecule has 0 radical (unpaired) electrons. The summed E-state index contributed by atoms with van der Waals surface area (Å²) in [7, 11) is 0. The van der Waals surface area contributed by atoms with E-state index in [0.29, 0.717) is 24.1 Å². The van der Waals surface area contributed by atoms with Crippen LogP contribution < -0.4 is 0 Å². The van der Waals surface area contributed by atoms with Crippen molar-refractivity contribution in [3.63, 3.8) is 0 Å². The maximum Gasteiger partial charge on any atom is 0.289 e. The van der Waals surface area contributed by atoms with Gasteiger partial charge in [0.05, 0.1) is 6.10 Å². The predicted octanol–water partition coefficient (Wildman–Crippen LogP) is 2.17. The number of hydrogen-bond acceptors (Lipinski definition) is 3. The number of β-amino-alcohol motifs (C(OH)–C–C–N with tert-alkyl or cyclic N) is 1. The SMILES string of the molecule is O=C(c1cc2cc(F)ccc2o1)N1CCCC(O)C1. The molecule has 2 heterocycles. The Labute approximate surface area is 109 Å². The number of piperidine rings is 1. The van der Waals surface area contributed by atoms with E-state index in [4.69, 9.17) is 4.42 Å². The Morgan fingerprint density at radius 3 is 3.05 bits per heavy atom. The number of likely N-dealkylation sites (tertiary alicyclic amines) is 1. The highest BCUT2D eigenvalue weighted by Gasteiger charge is 2.25. The molecule has 0 aliphatic carbocycles. The largest absolute Gasteiger partial charge is 0.451 e. The van der Waals surface area contributed by atoms with Gasteiger partial charge in [-0.2, -0.15) is 0 Å². The fourth-order valence-corrected chi connectivity index (χ4v) is 2.41. The van der Waals surface area contributed by atoms with Crippen LogP contribution in [0.2, 0.25) is 0 Å². The lowest BCUT2D eigenvalue weighted by Crippen LogP contribution is -2.42. The van der Waals surface area contributed by atoms with Crippen LogP contribution in [0, 0.1) is 5.82 Å². The van der Waals surface area contributed by atoms with Gasteiger partial charge in [0, 0.05) is 18.5 Å². The van der Waals surface area contributed by atoms with Crippen molar-refractivity contribution in [1.29, 1.82) is 0 Å². The minimum Gasteiger partial charge on any atom is -0.451 e. The third-order valence-corrected chi connectivity index (χ3v) is 3.37. The third kappa shape index (κ3) is 2.33. The first-order chi connectivity index (χ1) is 9.13. The molecule has 0 saturated carbocycles. The Morgan fingerprint density at radius 1 is 1.42 bits per heavy atom. The zero-order valence-corrected chi connectivity index (χ0v) is 10.3. The van der Waals surface area contributed by atoms with Crippen molar-refractivity contribution < 1.29 is 18.7 Å². The number of halogens is 1. The quantitative estimate of drug-likeness (QED) is 0.857. The van der Waals surface area contributed by atoms with Crippen LogP contribution in [0.4, 0.5) is 4.39 Å². The van der Waals surface area contributed by atoms with Crippen molar-refractivity contribution in [2.45, 2.75) is 18.9 Å². The molecule has 1 aliphatic rings. The second kappa shape index (κ2) is 4.66. The molecule has 19 heavy (non-hydrogen) atoms. The molecule has 1 atom stereocenters. The smallest absolute Gasteiger partial charge is 0.289 e. The van der Waals surface area contributed by atoms with Crippen LogP contribution in [-0.4, -0.2) is 35.1 Å². The lowest BCUT2D eigenvalue weighted by atomic mass is 10.1. The number of nitrogens with zero attached hydrogens (tertiary/aromatic N) is 1. The minimum atomic E-state index is -0.473. The number of aliphatic hydroxyl groups is 1. The first-order valence-corrected chi connectivity index (χ1v) is 6.30. The summed E-state index contributed by atoms with van der Waals surface area (Å²) in [5.74, 6) is -0.425. The molecule has 100 valence electrons. The summed E-state index contributed by atoms with van der Waals surface area (Å²) in [6, 6.07) is 5.68. The van der Waals surface area contributed by atoms with Gasteiger partial charge in [-0.25, -0.2) is 4.39 Å². The topological polar surface area (TPSA) is 53.7 Å². The van der Waals surface area contributed by atoms with E-state index in [1.54, 1.807) is 11.0 Å². The van der Waals surface area contributed by atoms with E-state index >= 15 is 0 Å². The Morgan fingerprint density at radius 2 is 2.26 bits per heavy atom. The molecule has 1 saturated heterocycles. The van der Waals surface area contributed by atoms with Crippen molar-refractivity contribution in [2.75, 3.05) is 13.1 Å². The number of aliphatic hydroxyl groups excluding tert-OH is 1. The molecule has 0 spiro atoms. The van der Waals surface area contributed by atoms with Gasteiger partial charge in [-0.1, -0.05) is 0 Å². The van der Waals surface area contributed by atoms with Crippen LogP contribution in [0.15, 0.2) is 28.7 Å². The molecule has 1 fully saturated rings. The number of benzene rings is 1. The lowest BCUT2D eigenvalue weighted by Gasteiger charge is -2.29. The second-order valence-corrected chi connectivity index (χ2v) is 4.84. The summed E-state index contributed by atoms with van der Waals surface area (Å²) >= 11 is 0. The summed E-state index contributed by atoms with van der Waals surface area (Å²) in [6.45, 7) is 0.936. The second-order valence-electron chi connectivity index (χ2n) is 4.84. The van der Waals surface area contributed by atoms with Gasteiger partial charge in [0.15, 0.2) is 5.76 Å². The molecule has 1 aliphatic heterocycles. The summed E-state index contributed by atoms with van der Waals surface area (Å²) in [5, 5.41) is 10.1. The molecule has 1 unspecified atom stereocenters. The van der Waals surface area contributed by atoms with Crippen LogP contribution in [-0.2, 0) is 0 Å². The van der Waals surface area contributed by atoms with E-state index < -0.39 is 6.10 Å². The number of carbonyl (C=O) groups is 1. The molecule has 4 nitrogen and oxygen atoms in total. The first-order valence-electron chi connectivity index (χ1n) is 6.30. The van der Waals surface area contributed by atoms with Gasteiger partial charge < -0.3 is 14.4 Å². The molecular weight excluding hydrogens is 249 g/mol. The highest BCUT2D eigenvalue weighted by atomic mass is 19.1. The standard InChI is InChI=1S/C14H14FNO3/c15-10-3-4-12-9(6-10)7-13(19-12)14(18)16-5-1-2-11(17)8-16/h3-4,6-7,11,17H,1-2,5,8H2.